The zero-order valence-corrected chi connectivity index (χ0v) is 21.8. The molecule has 0 saturated heterocycles. The molecule has 2 heterocycles. The molecule has 0 aliphatic carbocycles. The number of aromatic nitrogens is 3. The predicted molar refractivity (Wildman–Crippen MR) is 144 cm³/mol. The number of rotatable bonds is 13. The fourth-order valence-corrected chi connectivity index (χ4v) is 5.88. The summed E-state index contributed by atoms with van der Waals surface area (Å²) in [6, 6.07) is 15.7. The zero-order valence-electron chi connectivity index (χ0n) is 20.2. The summed E-state index contributed by atoms with van der Waals surface area (Å²) in [5.41, 5.74) is 0. The van der Waals surface area contributed by atoms with Gasteiger partial charge in [0.2, 0.25) is 15.0 Å². The number of amides is 1. The summed E-state index contributed by atoms with van der Waals surface area (Å²) in [6.07, 6.45) is 4.05. The molecule has 2 aromatic heterocycles. The molecule has 13 heteroatoms. The molecule has 0 fully saturated rings. The van der Waals surface area contributed by atoms with Crippen molar-refractivity contribution in [1.82, 2.24) is 25.2 Å². The Morgan fingerprint density at radius 3 is 2.55 bits per heavy atom. The molecular formula is C25H26N6O5S2. The van der Waals surface area contributed by atoms with Gasteiger partial charge >= 0.3 is 5.97 Å². The van der Waals surface area contributed by atoms with Crippen LogP contribution in [-0.2, 0) is 21.2 Å². The number of benzene rings is 2. The van der Waals surface area contributed by atoms with Crippen LogP contribution in [0.4, 0.5) is 5.82 Å². The van der Waals surface area contributed by atoms with Crippen LogP contribution in [0.2, 0.25) is 0 Å². The minimum absolute atomic E-state index is 0.0443. The number of aryl methyl sites for hydroxylation is 1. The van der Waals surface area contributed by atoms with Gasteiger partial charge in [0.15, 0.2) is 0 Å². The number of nitrogens with one attached hydrogen (secondary N) is 3. The number of sulfonamides is 1. The molecule has 4 aromatic rings. The first kappa shape index (κ1) is 27.1. The van der Waals surface area contributed by atoms with Gasteiger partial charge in [0, 0.05) is 31.1 Å². The summed E-state index contributed by atoms with van der Waals surface area (Å²) in [4.78, 5) is 28.5. The van der Waals surface area contributed by atoms with E-state index in [1.807, 2.05) is 18.2 Å². The molecule has 1 amide bonds. The van der Waals surface area contributed by atoms with E-state index in [0.29, 0.717) is 22.2 Å². The maximum Gasteiger partial charge on any atom is 0.323 e. The van der Waals surface area contributed by atoms with E-state index in [0.717, 1.165) is 36.5 Å². The largest absolute Gasteiger partial charge is 0.480 e. The van der Waals surface area contributed by atoms with Crippen LogP contribution in [0, 0.1) is 0 Å². The number of anilines is 1. The highest BCUT2D eigenvalue weighted by Gasteiger charge is 2.27. The van der Waals surface area contributed by atoms with Gasteiger partial charge in [0.05, 0.1) is 4.90 Å². The molecule has 4 rings (SSSR count). The number of unbranched alkanes of at least 4 members (excludes halogenated alkanes) is 1. The Morgan fingerprint density at radius 2 is 1.76 bits per heavy atom. The summed E-state index contributed by atoms with van der Waals surface area (Å²) in [5, 5.41) is 25.1. The van der Waals surface area contributed by atoms with E-state index in [1.54, 1.807) is 42.6 Å². The molecule has 4 N–H and O–H groups in total. The molecule has 0 saturated carbocycles. The number of carbonyl (C=O) groups excluding carboxylic acids is 1. The van der Waals surface area contributed by atoms with E-state index in [4.69, 9.17) is 0 Å². The molecule has 11 nitrogen and oxygen atoms in total. The van der Waals surface area contributed by atoms with Crippen molar-refractivity contribution < 1.29 is 23.1 Å². The second-order valence-electron chi connectivity index (χ2n) is 8.30. The summed E-state index contributed by atoms with van der Waals surface area (Å²) >= 11 is 1.11. The van der Waals surface area contributed by atoms with Crippen LogP contribution in [-0.4, -0.2) is 59.7 Å². The quantitative estimate of drug-likeness (QED) is 0.182. The normalized spacial score (nSPS) is 12.2. The second-order valence-corrected chi connectivity index (χ2v) is 11.0. The van der Waals surface area contributed by atoms with Crippen molar-refractivity contribution in [1.29, 1.82) is 0 Å². The molecule has 0 unspecified atom stereocenters. The minimum atomic E-state index is -4.19. The number of fused-ring (bicyclic) bond motifs is 1. The maximum atomic E-state index is 13.0. The highest BCUT2D eigenvalue weighted by atomic mass is 32.2. The molecule has 198 valence electrons. The third-order valence-electron chi connectivity index (χ3n) is 5.55. The highest BCUT2D eigenvalue weighted by molar-refractivity contribution is 7.89. The Labute approximate surface area is 223 Å². The van der Waals surface area contributed by atoms with Gasteiger partial charge in [0.1, 0.15) is 16.9 Å². The first-order valence-electron chi connectivity index (χ1n) is 11.8. The number of carbonyl (C=O) groups is 2. The van der Waals surface area contributed by atoms with Crippen molar-refractivity contribution in [2.24, 2.45) is 0 Å². The van der Waals surface area contributed by atoms with Gasteiger partial charge in [0.25, 0.3) is 5.91 Å². The lowest BCUT2D eigenvalue weighted by Crippen LogP contribution is -2.48. The van der Waals surface area contributed by atoms with Crippen molar-refractivity contribution in [2.75, 3.05) is 18.4 Å². The molecule has 0 aliphatic heterocycles. The number of carboxylic acids is 1. The van der Waals surface area contributed by atoms with E-state index >= 15 is 0 Å². The lowest BCUT2D eigenvalue weighted by Gasteiger charge is -2.16. The SMILES string of the molecule is O=C(NC[C@H](NS(=O)(=O)c1cccc2ccccc12)C(=O)O)c1nnc(CCCCNc2ccccn2)s1. The lowest BCUT2D eigenvalue weighted by atomic mass is 10.1. The standard InChI is InChI=1S/C25H26N6O5S2/c32-23(24-30-29-22(37-24)13-4-6-15-27-21-12-3-5-14-26-21)28-16-19(25(33)34)31-38(35,36)20-11-7-9-17-8-1-2-10-18(17)20/h1-3,5,7-12,14,19,31H,4,6,13,15-16H2,(H,26,27)(H,28,32)(H,33,34)/t19-/m0/s1. The Balaban J connectivity index is 1.29. The van der Waals surface area contributed by atoms with Gasteiger partial charge in [-0.15, -0.1) is 10.2 Å². The van der Waals surface area contributed by atoms with Crippen molar-refractivity contribution >= 4 is 49.8 Å². The number of nitrogens with zero attached hydrogens (tertiary/aromatic N) is 3. The van der Waals surface area contributed by atoms with Crippen molar-refractivity contribution in [3.8, 4) is 0 Å². The fourth-order valence-electron chi connectivity index (χ4n) is 3.66. The Hall–Kier alpha value is -3.94. The Kier molecular flexibility index (Phi) is 8.94. The van der Waals surface area contributed by atoms with Crippen LogP contribution >= 0.6 is 11.3 Å². The molecule has 0 bridgehead atoms. The van der Waals surface area contributed by atoms with Gasteiger partial charge < -0.3 is 15.7 Å². The van der Waals surface area contributed by atoms with Crippen LogP contribution in [0.25, 0.3) is 10.8 Å². The predicted octanol–water partition coefficient (Wildman–Crippen LogP) is 2.68. The van der Waals surface area contributed by atoms with E-state index in [9.17, 15) is 23.1 Å². The van der Waals surface area contributed by atoms with Crippen molar-refractivity contribution in [3.63, 3.8) is 0 Å². The average Bonchev–Trinajstić information content (AvgIpc) is 3.40. The van der Waals surface area contributed by atoms with Gasteiger partial charge in [-0.3, -0.25) is 9.59 Å². The van der Waals surface area contributed by atoms with Crippen LogP contribution in [0.1, 0.15) is 27.7 Å². The monoisotopic (exact) mass is 554 g/mol. The smallest absolute Gasteiger partial charge is 0.323 e. The lowest BCUT2D eigenvalue weighted by molar-refractivity contribution is -0.138. The summed E-state index contributed by atoms with van der Waals surface area (Å²) in [5.74, 6) is -1.24. The number of carboxylic acid groups (broad SMARTS) is 1. The topological polar surface area (TPSA) is 163 Å². The molecule has 38 heavy (non-hydrogen) atoms. The highest BCUT2D eigenvalue weighted by Crippen LogP contribution is 2.23. The summed E-state index contributed by atoms with van der Waals surface area (Å²) in [6.45, 7) is 0.278. The molecule has 1 atom stereocenters. The number of pyridine rings is 1. The first-order chi connectivity index (χ1) is 18.3. The Morgan fingerprint density at radius 1 is 0.974 bits per heavy atom. The van der Waals surface area contributed by atoms with E-state index in [1.165, 1.54) is 6.07 Å². The van der Waals surface area contributed by atoms with Crippen molar-refractivity contribution in [3.05, 3.63) is 76.9 Å². The van der Waals surface area contributed by atoms with Crippen LogP contribution in [0.3, 0.4) is 0 Å². The van der Waals surface area contributed by atoms with Gasteiger partial charge in [-0.2, -0.15) is 4.72 Å². The molecule has 0 radical (unpaired) electrons. The Bertz CT molecular complexity index is 1510. The zero-order chi connectivity index (χ0) is 27.0. The van der Waals surface area contributed by atoms with E-state index in [-0.39, 0.29) is 9.90 Å². The number of aliphatic carboxylic acids is 1. The third-order valence-corrected chi connectivity index (χ3v) is 8.06. The first-order valence-corrected chi connectivity index (χ1v) is 14.1. The summed E-state index contributed by atoms with van der Waals surface area (Å²) < 4.78 is 28.2. The maximum absolute atomic E-state index is 13.0. The third kappa shape index (κ3) is 7.09. The van der Waals surface area contributed by atoms with E-state index < -0.39 is 34.5 Å². The number of hydrogen-bond acceptors (Lipinski definition) is 9. The molecule has 2 aromatic carbocycles. The number of hydrogen-bond donors (Lipinski definition) is 4. The van der Waals surface area contributed by atoms with Crippen LogP contribution in [0.15, 0.2) is 71.8 Å². The van der Waals surface area contributed by atoms with Crippen molar-refractivity contribution in [2.45, 2.75) is 30.2 Å². The minimum Gasteiger partial charge on any atom is -0.480 e. The van der Waals surface area contributed by atoms with E-state index in [2.05, 4.69) is 30.5 Å². The second kappa shape index (κ2) is 12.5. The van der Waals surface area contributed by atoms with Gasteiger partial charge in [-0.25, -0.2) is 13.4 Å². The summed E-state index contributed by atoms with van der Waals surface area (Å²) in [7, 11) is -4.19. The van der Waals surface area contributed by atoms with Gasteiger partial charge in [-0.1, -0.05) is 53.8 Å². The molecular weight excluding hydrogens is 528 g/mol. The average molecular weight is 555 g/mol. The van der Waals surface area contributed by atoms with Crippen LogP contribution < -0.4 is 15.4 Å². The molecule has 0 aliphatic rings. The van der Waals surface area contributed by atoms with Gasteiger partial charge in [-0.05, 0) is 36.4 Å². The van der Waals surface area contributed by atoms with Crippen LogP contribution in [0.5, 0.6) is 0 Å². The molecule has 0 spiro atoms. The fraction of sp³-hybridized carbons (Fsp3) is 0.240.